The first kappa shape index (κ1) is 17.6. The van der Waals surface area contributed by atoms with E-state index < -0.39 is 0 Å². The summed E-state index contributed by atoms with van der Waals surface area (Å²) in [6.45, 7) is 2.10. The van der Waals surface area contributed by atoms with Crippen LogP contribution in [0.1, 0.15) is 5.56 Å². The van der Waals surface area contributed by atoms with Gasteiger partial charge in [0.05, 0.1) is 11.4 Å². The van der Waals surface area contributed by atoms with E-state index in [-0.39, 0.29) is 0 Å². The predicted molar refractivity (Wildman–Crippen MR) is 120 cm³/mol. The smallest absolute Gasteiger partial charge is 0.195 e. The molecule has 0 aliphatic rings. The molecule has 0 saturated heterocycles. The van der Waals surface area contributed by atoms with Gasteiger partial charge in [-0.05, 0) is 6.92 Å². The van der Waals surface area contributed by atoms with Gasteiger partial charge in [0.1, 0.15) is 5.82 Å². The number of rotatable bonds is 4. The highest BCUT2D eigenvalue weighted by molar-refractivity contribution is 7.12. The molecule has 2 heterocycles. The van der Waals surface area contributed by atoms with Crippen molar-refractivity contribution in [2.45, 2.75) is 6.92 Å². The van der Waals surface area contributed by atoms with Crippen LogP contribution in [0.15, 0.2) is 96.5 Å². The summed E-state index contributed by atoms with van der Waals surface area (Å²) >= 11 is 1.62. The number of aromatic nitrogens is 3. The maximum absolute atomic E-state index is 5.14. The summed E-state index contributed by atoms with van der Waals surface area (Å²) < 4.78 is 2.19. The van der Waals surface area contributed by atoms with Crippen LogP contribution in [0, 0.1) is 6.92 Å². The molecule has 0 N–H and O–H groups in total. The van der Waals surface area contributed by atoms with Crippen molar-refractivity contribution in [2.24, 2.45) is 0 Å². The number of hydrogen-bond donors (Lipinski definition) is 0. The van der Waals surface area contributed by atoms with Gasteiger partial charge in [-0.25, -0.2) is 9.97 Å². The molecule has 0 radical (unpaired) electrons. The van der Waals surface area contributed by atoms with Crippen LogP contribution in [0.25, 0.3) is 39.0 Å². The van der Waals surface area contributed by atoms with Crippen LogP contribution in [-0.2, 0) is 0 Å². The van der Waals surface area contributed by atoms with E-state index in [0.29, 0.717) is 0 Å². The molecule has 5 aromatic rings. The van der Waals surface area contributed by atoms with Crippen LogP contribution in [-0.4, -0.2) is 14.5 Å². The standard InChI is InChI=1S/C25H19N3S/c1-18-12-14-21(15-13-18)24-27-22(19-8-4-2-5-9-19)23(20-10-6-3-7-11-20)28(24)25-26-16-17-29-25/h2-17H,1H3. The van der Waals surface area contributed by atoms with Gasteiger partial charge in [0.15, 0.2) is 5.13 Å². The molecule has 140 valence electrons. The van der Waals surface area contributed by atoms with E-state index in [4.69, 9.17) is 4.98 Å². The molecule has 0 aliphatic heterocycles. The average molecular weight is 394 g/mol. The molecule has 0 spiro atoms. The van der Waals surface area contributed by atoms with Crippen LogP contribution in [0.5, 0.6) is 0 Å². The zero-order valence-electron chi connectivity index (χ0n) is 16.0. The minimum atomic E-state index is 0.901. The Hall–Kier alpha value is -3.50. The Labute approximate surface area is 174 Å². The lowest BCUT2D eigenvalue weighted by molar-refractivity contribution is 1.05. The summed E-state index contributed by atoms with van der Waals surface area (Å²) in [4.78, 5) is 9.77. The van der Waals surface area contributed by atoms with Gasteiger partial charge >= 0.3 is 0 Å². The van der Waals surface area contributed by atoms with Crippen molar-refractivity contribution in [3.63, 3.8) is 0 Å². The summed E-state index contributed by atoms with van der Waals surface area (Å²) in [6.07, 6.45) is 1.84. The molecule has 3 aromatic carbocycles. The lowest BCUT2D eigenvalue weighted by atomic mass is 10.0. The molecule has 0 unspecified atom stereocenters. The molecule has 29 heavy (non-hydrogen) atoms. The normalized spacial score (nSPS) is 10.9. The number of imidazole rings is 1. The Morgan fingerprint density at radius 2 is 1.38 bits per heavy atom. The molecule has 2 aromatic heterocycles. The van der Waals surface area contributed by atoms with Gasteiger partial charge in [0.25, 0.3) is 0 Å². The minimum Gasteiger partial charge on any atom is -0.267 e. The lowest BCUT2D eigenvalue weighted by Crippen LogP contribution is -1.99. The number of aryl methyl sites for hydroxylation is 1. The van der Waals surface area contributed by atoms with Crippen LogP contribution in [0.4, 0.5) is 0 Å². The second kappa shape index (κ2) is 7.49. The number of hydrogen-bond acceptors (Lipinski definition) is 3. The summed E-state index contributed by atoms with van der Waals surface area (Å²) in [5.74, 6) is 0.901. The molecule has 0 atom stereocenters. The van der Waals surface area contributed by atoms with E-state index in [1.54, 1.807) is 11.3 Å². The molecule has 0 saturated carbocycles. The molecular formula is C25H19N3S. The molecule has 3 nitrogen and oxygen atoms in total. The van der Waals surface area contributed by atoms with E-state index in [0.717, 1.165) is 39.0 Å². The van der Waals surface area contributed by atoms with E-state index in [1.807, 2.05) is 23.7 Å². The van der Waals surface area contributed by atoms with Crippen molar-refractivity contribution >= 4 is 11.3 Å². The summed E-state index contributed by atoms with van der Waals surface area (Å²) in [6, 6.07) is 29.3. The Bertz CT molecular complexity index is 1220. The Morgan fingerprint density at radius 3 is 2.00 bits per heavy atom. The maximum atomic E-state index is 5.14. The number of thiazole rings is 1. The molecule has 0 amide bonds. The van der Waals surface area contributed by atoms with E-state index in [1.165, 1.54) is 5.56 Å². The van der Waals surface area contributed by atoms with E-state index >= 15 is 0 Å². The van der Waals surface area contributed by atoms with Crippen LogP contribution >= 0.6 is 11.3 Å². The first-order valence-corrected chi connectivity index (χ1v) is 10.4. The summed E-state index contributed by atoms with van der Waals surface area (Å²) in [5.41, 5.74) is 6.53. The fourth-order valence-corrected chi connectivity index (χ4v) is 4.14. The van der Waals surface area contributed by atoms with E-state index in [9.17, 15) is 0 Å². The van der Waals surface area contributed by atoms with Gasteiger partial charge in [0.2, 0.25) is 0 Å². The summed E-state index contributed by atoms with van der Waals surface area (Å²) in [5, 5.41) is 2.92. The molecule has 5 rings (SSSR count). The fraction of sp³-hybridized carbons (Fsp3) is 0.0400. The van der Waals surface area contributed by atoms with Crippen LogP contribution in [0.3, 0.4) is 0 Å². The zero-order valence-corrected chi connectivity index (χ0v) is 16.8. The highest BCUT2D eigenvalue weighted by atomic mass is 32.1. The van der Waals surface area contributed by atoms with Gasteiger partial charge < -0.3 is 0 Å². The SMILES string of the molecule is Cc1ccc(-c2nc(-c3ccccc3)c(-c3ccccc3)n2-c2nccs2)cc1. The first-order valence-electron chi connectivity index (χ1n) is 9.52. The largest absolute Gasteiger partial charge is 0.267 e. The third kappa shape index (κ3) is 3.28. The minimum absolute atomic E-state index is 0.901. The summed E-state index contributed by atoms with van der Waals surface area (Å²) in [7, 11) is 0. The second-order valence-electron chi connectivity index (χ2n) is 6.88. The third-order valence-corrected chi connectivity index (χ3v) is 5.65. The van der Waals surface area contributed by atoms with Crippen molar-refractivity contribution in [3.8, 4) is 39.0 Å². The van der Waals surface area contributed by atoms with Gasteiger partial charge in [0, 0.05) is 28.3 Å². The molecular weight excluding hydrogens is 374 g/mol. The Morgan fingerprint density at radius 1 is 0.724 bits per heavy atom. The topological polar surface area (TPSA) is 30.7 Å². The number of benzene rings is 3. The fourth-order valence-electron chi connectivity index (χ4n) is 3.49. The van der Waals surface area contributed by atoms with Crippen molar-refractivity contribution in [2.75, 3.05) is 0 Å². The van der Waals surface area contributed by atoms with Crippen molar-refractivity contribution in [1.29, 1.82) is 0 Å². The van der Waals surface area contributed by atoms with Crippen molar-refractivity contribution in [3.05, 3.63) is 102 Å². The molecule has 0 bridgehead atoms. The second-order valence-corrected chi connectivity index (χ2v) is 7.75. The van der Waals surface area contributed by atoms with E-state index in [2.05, 4.69) is 89.3 Å². The monoisotopic (exact) mass is 393 g/mol. The quantitative estimate of drug-likeness (QED) is 0.343. The highest BCUT2D eigenvalue weighted by Gasteiger charge is 2.23. The van der Waals surface area contributed by atoms with Crippen LogP contribution in [0.2, 0.25) is 0 Å². The molecule has 0 fully saturated rings. The molecule has 4 heteroatoms. The highest BCUT2D eigenvalue weighted by Crippen LogP contribution is 2.38. The van der Waals surface area contributed by atoms with Gasteiger partial charge in [-0.1, -0.05) is 90.5 Å². The predicted octanol–water partition coefficient (Wildman–Crippen LogP) is 6.64. The Balaban J connectivity index is 1.87. The van der Waals surface area contributed by atoms with Gasteiger partial charge in [-0.3, -0.25) is 4.57 Å². The number of nitrogens with zero attached hydrogens (tertiary/aromatic N) is 3. The van der Waals surface area contributed by atoms with Crippen molar-refractivity contribution in [1.82, 2.24) is 14.5 Å². The third-order valence-electron chi connectivity index (χ3n) is 4.89. The van der Waals surface area contributed by atoms with Crippen LogP contribution < -0.4 is 0 Å². The van der Waals surface area contributed by atoms with Crippen molar-refractivity contribution < 1.29 is 0 Å². The zero-order chi connectivity index (χ0) is 19.6. The lowest BCUT2D eigenvalue weighted by Gasteiger charge is -2.11. The molecule has 0 aliphatic carbocycles. The Kier molecular flexibility index (Phi) is 4.54. The average Bonchev–Trinajstić information content (AvgIpc) is 3.43. The van der Waals surface area contributed by atoms with Gasteiger partial charge in [-0.2, -0.15) is 0 Å². The maximum Gasteiger partial charge on any atom is 0.195 e. The first-order chi connectivity index (χ1) is 14.3. The van der Waals surface area contributed by atoms with Gasteiger partial charge in [-0.15, -0.1) is 11.3 Å².